The second-order valence-electron chi connectivity index (χ2n) is 6.29. The molecule has 2 saturated heterocycles. The molecule has 26 heavy (non-hydrogen) atoms. The molecule has 10 heteroatoms. The van der Waals surface area contributed by atoms with Crippen LogP contribution in [0.1, 0.15) is 18.4 Å². The topological polar surface area (TPSA) is 104 Å². The van der Waals surface area contributed by atoms with Gasteiger partial charge in [-0.25, -0.2) is 12.8 Å². The zero-order valence-corrected chi connectivity index (χ0v) is 15.5. The Hall–Kier alpha value is -1.94. The van der Waals surface area contributed by atoms with E-state index in [0.717, 1.165) is 0 Å². The smallest absolute Gasteiger partial charge is 0.303 e. The van der Waals surface area contributed by atoms with Crippen LogP contribution in [0.25, 0.3) is 0 Å². The van der Waals surface area contributed by atoms with Crippen LogP contribution in [0.5, 0.6) is 0 Å². The summed E-state index contributed by atoms with van der Waals surface area (Å²) < 4.78 is 37.9. The number of aryl methyl sites for hydroxylation is 1. The van der Waals surface area contributed by atoms with Crippen LogP contribution < -0.4 is 4.90 Å². The molecule has 1 amide bonds. The van der Waals surface area contributed by atoms with Crippen LogP contribution in [0.3, 0.4) is 0 Å². The third-order valence-corrected chi connectivity index (χ3v) is 7.48. The van der Waals surface area contributed by atoms with E-state index in [-0.39, 0.29) is 34.8 Å². The minimum absolute atomic E-state index is 0.0322. The minimum Gasteiger partial charge on any atom is -0.481 e. The highest BCUT2D eigenvalue weighted by Crippen LogP contribution is 2.41. The SMILES string of the molecule is Cc1ccc(N2C(=NC(=O)CCC(=O)O)S[C@@H]3CS(=O)(=O)C[C@@H]32)cc1F. The molecule has 140 valence electrons. The highest BCUT2D eigenvalue weighted by atomic mass is 32.2. The maximum absolute atomic E-state index is 14.0. The number of halogens is 1. The highest BCUT2D eigenvalue weighted by Gasteiger charge is 2.49. The number of carboxylic acids is 1. The molecule has 1 aromatic carbocycles. The first kappa shape index (κ1) is 18.8. The molecule has 3 rings (SSSR count). The van der Waals surface area contributed by atoms with Crippen molar-refractivity contribution >= 4 is 44.3 Å². The molecule has 2 aliphatic heterocycles. The second-order valence-corrected chi connectivity index (χ2v) is 9.65. The van der Waals surface area contributed by atoms with Crippen LogP contribution in [0.2, 0.25) is 0 Å². The third kappa shape index (κ3) is 3.90. The number of carbonyl (C=O) groups excluding carboxylic acids is 1. The summed E-state index contributed by atoms with van der Waals surface area (Å²) in [5, 5.41) is 8.66. The molecule has 0 aromatic heterocycles. The molecule has 1 N–H and O–H groups in total. The number of hydrogen-bond acceptors (Lipinski definition) is 5. The highest BCUT2D eigenvalue weighted by molar-refractivity contribution is 8.16. The van der Waals surface area contributed by atoms with Gasteiger partial charge in [-0.1, -0.05) is 17.8 Å². The van der Waals surface area contributed by atoms with E-state index in [1.807, 2.05) is 0 Å². The van der Waals surface area contributed by atoms with Gasteiger partial charge in [0.2, 0.25) is 5.91 Å². The maximum Gasteiger partial charge on any atom is 0.303 e. The Kier molecular flexibility index (Phi) is 5.07. The van der Waals surface area contributed by atoms with Crippen molar-refractivity contribution in [3.63, 3.8) is 0 Å². The van der Waals surface area contributed by atoms with E-state index >= 15 is 0 Å². The van der Waals surface area contributed by atoms with Gasteiger partial charge in [0.15, 0.2) is 15.0 Å². The minimum atomic E-state index is -3.21. The molecule has 0 unspecified atom stereocenters. The molecule has 0 aliphatic carbocycles. The molecule has 2 aliphatic rings. The monoisotopic (exact) mass is 400 g/mol. The van der Waals surface area contributed by atoms with Crippen molar-refractivity contribution < 1.29 is 27.5 Å². The van der Waals surface area contributed by atoms with E-state index in [2.05, 4.69) is 4.99 Å². The van der Waals surface area contributed by atoms with Crippen molar-refractivity contribution in [1.29, 1.82) is 0 Å². The van der Waals surface area contributed by atoms with Gasteiger partial charge in [-0.05, 0) is 24.6 Å². The Labute approximate surface area is 154 Å². The van der Waals surface area contributed by atoms with Crippen molar-refractivity contribution in [2.24, 2.45) is 4.99 Å². The van der Waals surface area contributed by atoms with E-state index in [0.29, 0.717) is 11.3 Å². The average molecular weight is 400 g/mol. The van der Waals surface area contributed by atoms with Crippen LogP contribution in [0.4, 0.5) is 10.1 Å². The fraction of sp³-hybridized carbons (Fsp3) is 0.438. The summed E-state index contributed by atoms with van der Waals surface area (Å²) in [5.74, 6) is -2.26. The first-order chi connectivity index (χ1) is 12.2. The summed E-state index contributed by atoms with van der Waals surface area (Å²) in [6.45, 7) is 1.62. The number of anilines is 1. The summed E-state index contributed by atoms with van der Waals surface area (Å²) in [7, 11) is -3.21. The molecule has 2 heterocycles. The standard InChI is InChI=1S/C16H17FN2O5S2/c1-9-2-3-10(6-11(9)17)19-12-7-26(23,24)8-13(12)25-16(19)18-14(20)4-5-15(21)22/h2-3,6,12-13H,4-5,7-8H2,1H3,(H,21,22)/t12-,13+/m0/s1. The predicted molar refractivity (Wildman–Crippen MR) is 96.7 cm³/mol. The number of aliphatic imine (C=N–C) groups is 1. The van der Waals surface area contributed by atoms with Gasteiger partial charge in [0.25, 0.3) is 0 Å². The van der Waals surface area contributed by atoms with Crippen molar-refractivity contribution in [3.8, 4) is 0 Å². The van der Waals surface area contributed by atoms with Gasteiger partial charge >= 0.3 is 5.97 Å². The number of thioether (sulfide) groups is 1. The van der Waals surface area contributed by atoms with E-state index < -0.39 is 33.6 Å². The lowest BCUT2D eigenvalue weighted by molar-refractivity contribution is -0.138. The molecular formula is C16H17FN2O5S2. The number of rotatable bonds is 4. The summed E-state index contributed by atoms with van der Waals surface area (Å²) in [6.07, 6.45) is -0.580. The number of amides is 1. The zero-order chi connectivity index (χ0) is 19.1. The normalized spacial score (nSPS) is 25.5. The largest absolute Gasteiger partial charge is 0.481 e. The van der Waals surface area contributed by atoms with Gasteiger partial charge < -0.3 is 10.0 Å². The summed E-state index contributed by atoms with van der Waals surface area (Å²) >= 11 is 1.17. The Morgan fingerprint density at radius 3 is 2.73 bits per heavy atom. The number of benzene rings is 1. The first-order valence-corrected chi connectivity index (χ1v) is 10.6. The fourth-order valence-corrected chi connectivity index (χ4v) is 6.91. The van der Waals surface area contributed by atoms with E-state index in [9.17, 15) is 22.4 Å². The summed E-state index contributed by atoms with van der Waals surface area (Å²) in [5.41, 5.74) is 0.877. The Balaban J connectivity index is 1.94. The van der Waals surface area contributed by atoms with E-state index in [1.54, 1.807) is 24.0 Å². The number of aliphatic carboxylic acids is 1. The molecule has 0 spiro atoms. The second kappa shape index (κ2) is 6.99. The van der Waals surface area contributed by atoms with Gasteiger partial charge in [-0.15, -0.1) is 0 Å². The van der Waals surface area contributed by atoms with Crippen molar-refractivity contribution in [2.75, 3.05) is 16.4 Å². The van der Waals surface area contributed by atoms with Crippen LogP contribution in [0, 0.1) is 12.7 Å². The molecule has 2 fully saturated rings. The van der Waals surface area contributed by atoms with Crippen LogP contribution >= 0.6 is 11.8 Å². The number of nitrogens with zero attached hydrogens (tertiary/aromatic N) is 2. The van der Waals surface area contributed by atoms with Crippen LogP contribution in [0.15, 0.2) is 23.2 Å². The number of carboxylic acid groups (broad SMARTS) is 1. The van der Waals surface area contributed by atoms with Gasteiger partial charge in [-0.2, -0.15) is 4.99 Å². The van der Waals surface area contributed by atoms with E-state index in [1.165, 1.54) is 17.8 Å². The lowest BCUT2D eigenvalue weighted by atomic mass is 10.1. The van der Waals surface area contributed by atoms with Gasteiger partial charge in [0.05, 0.1) is 24.0 Å². The molecular weight excluding hydrogens is 383 g/mol. The first-order valence-electron chi connectivity index (χ1n) is 7.92. The third-order valence-electron chi connectivity index (χ3n) is 4.27. The van der Waals surface area contributed by atoms with E-state index in [4.69, 9.17) is 5.11 Å². The molecule has 0 saturated carbocycles. The molecule has 7 nitrogen and oxygen atoms in total. The number of sulfone groups is 1. The number of hydrogen-bond donors (Lipinski definition) is 1. The molecule has 2 atom stereocenters. The predicted octanol–water partition coefficient (Wildman–Crippen LogP) is 1.60. The fourth-order valence-electron chi connectivity index (χ4n) is 2.97. The average Bonchev–Trinajstić information content (AvgIpc) is 2.99. The van der Waals surface area contributed by atoms with Crippen molar-refractivity contribution in [1.82, 2.24) is 0 Å². The van der Waals surface area contributed by atoms with Crippen molar-refractivity contribution in [2.45, 2.75) is 31.1 Å². The Morgan fingerprint density at radius 2 is 2.08 bits per heavy atom. The zero-order valence-electron chi connectivity index (χ0n) is 13.9. The van der Waals surface area contributed by atoms with Crippen LogP contribution in [-0.2, 0) is 19.4 Å². The Bertz CT molecular complexity index is 900. The molecule has 1 aromatic rings. The number of carbonyl (C=O) groups is 2. The molecule has 0 bridgehead atoms. The summed E-state index contributed by atoms with van der Waals surface area (Å²) in [6, 6.07) is 4.10. The lowest BCUT2D eigenvalue weighted by Crippen LogP contribution is -2.37. The lowest BCUT2D eigenvalue weighted by Gasteiger charge is -2.24. The Morgan fingerprint density at radius 1 is 1.35 bits per heavy atom. The van der Waals surface area contributed by atoms with Gasteiger partial charge in [0.1, 0.15) is 5.82 Å². The molecule has 0 radical (unpaired) electrons. The van der Waals surface area contributed by atoms with Gasteiger partial charge in [0, 0.05) is 17.4 Å². The van der Waals surface area contributed by atoms with Crippen LogP contribution in [-0.4, -0.2) is 53.4 Å². The maximum atomic E-state index is 14.0. The van der Waals surface area contributed by atoms with Gasteiger partial charge in [-0.3, -0.25) is 9.59 Å². The number of amidine groups is 1. The summed E-state index contributed by atoms with van der Waals surface area (Å²) in [4.78, 5) is 28.1. The number of fused-ring (bicyclic) bond motifs is 1. The van der Waals surface area contributed by atoms with Crippen molar-refractivity contribution in [3.05, 3.63) is 29.6 Å². The quantitative estimate of drug-likeness (QED) is 0.819.